The number of anilines is 2. The largest absolute Gasteiger partial charge is 0.398 e. The smallest absolute Gasteiger partial charge is 0.0955 e. The Morgan fingerprint density at radius 1 is 1.26 bits per heavy atom. The Balaban J connectivity index is 2.08. The molecule has 0 spiro atoms. The van der Waals surface area contributed by atoms with Gasteiger partial charge in [0.25, 0.3) is 0 Å². The van der Waals surface area contributed by atoms with Crippen LogP contribution in [0.4, 0.5) is 11.4 Å². The highest BCUT2D eigenvalue weighted by Gasteiger charge is 2.27. The molecule has 1 fully saturated rings. The molecule has 100 valence electrons. The zero-order valence-electron chi connectivity index (χ0n) is 11.7. The van der Waals surface area contributed by atoms with E-state index in [4.69, 9.17) is 5.73 Å². The van der Waals surface area contributed by atoms with Crippen LogP contribution in [0.1, 0.15) is 26.7 Å². The third-order valence-electron chi connectivity index (χ3n) is 4.02. The summed E-state index contributed by atoms with van der Waals surface area (Å²) < 4.78 is 0. The summed E-state index contributed by atoms with van der Waals surface area (Å²) in [4.78, 5) is 7.00. The number of hydrogen-bond donors (Lipinski definition) is 1. The maximum atomic E-state index is 6.05. The fraction of sp³-hybridized carbons (Fsp3) is 0.438. The summed E-state index contributed by atoms with van der Waals surface area (Å²) >= 11 is 0. The molecule has 0 amide bonds. The second-order valence-corrected chi connectivity index (χ2v) is 6.26. The molecule has 1 aliphatic rings. The van der Waals surface area contributed by atoms with E-state index in [-0.39, 0.29) is 0 Å². The maximum Gasteiger partial charge on any atom is 0.0955 e. The van der Waals surface area contributed by atoms with Crippen molar-refractivity contribution in [2.45, 2.75) is 26.7 Å². The van der Waals surface area contributed by atoms with Crippen LogP contribution in [0.5, 0.6) is 0 Å². The second kappa shape index (κ2) is 4.41. The van der Waals surface area contributed by atoms with Crippen molar-refractivity contribution in [2.75, 3.05) is 23.7 Å². The van der Waals surface area contributed by atoms with Gasteiger partial charge < -0.3 is 10.6 Å². The predicted molar refractivity (Wildman–Crippen MR) is 81.4 cm³/mol. The van der Waals surface area contributed by atoms with E-state index in [0.717, 1.165) is 29.7 Å². The molecule has 1 aromatic carbocycles. The highest BCUT2D eigenvalue weighted by atomic mass is 15.1. The summed E-state index contributed by atoms with van der Waals surface area (Å²) in [5.74, 6) is 0. The average molecular weight is 255 g/mol. The van der Waals surface area contributed by atoms with Crippen molar-refractivity contribution >= 4 is 22.3 Å². The molecule has 2 heterocycles. The lowest BCUT2D eigenvalue weighted by Gasteiger charge is -2.39. The molecule has 0 aliphatic carbocycles. The normalized spacial score (nSPS) is 18.7. The van der Waals surface area contributed by atoms with Gasteiger partial charge in [-0.05, 0) is 42.5 Å². The lowest BCUT2D eigenvalue weighted by Crippen LogP contribution is -2.40. The van der Waals surface area contributed by atoms with Gasteiger partial charge in [0.1, 0.15) is 0 Å². The van der Waals surface area contributed by atoms with Crippen LogP contribution in [-0.2, 0) is 0 Å². The highest BCUT2D eigenvalue weighted by molar-refractivity contribution is 5.98. The number of hydrogen-bond acceptors (Lipinski definition) is 3. The molecule has 1 aromatic heterocycles. The number of aromatic nitrogens is 1. The third kappa shape index (κ3) is 2.25. The number of fused-ring (bicyclic) bond motifs is 1. The average Bonchev–Trinajstić information content (AvgIpc) is 2.38. The van der Waals surface area contributed by atoms with Gasteiger partial charge in [-0.2, -0.15) is 0 Å². The Labute approximate surface area is 114 Å². The van der Waals surface area contributed by atoms with Crippen molar-refractivity contribution in [3.8, 4) is 0 Å². The Kier molecular flexibility index (Phi) is 2.85. The molecule has 2 N–H and O–H groups in total. The first-order valence-corrected chi connectivity index (χ1v) is 6.95. The Hall–Kier alpha value is -1.77. The quantitative estimate of drug-likeness (QED) is 0.794. The molecule has 0 unspecified atom stereocenters. The van der Waals surface area contributed by atoms with E-state index in [2.05, 4.69) is 35.9 Å². The predicted octanol–water partition coefficient (Wildman–Crippen LogP) is 3.44. The van der Waals surface area contributed by atoms with Gasteiger partial charge in [-0.1, -0.05) is 13.8 Å². The minimum atomic E-state index is 0.376. The van der Waals surface area contributed by atoms with Crippen LogP contribution < -0.4 is 10.6 Å². The molecule has 1 saturated heterocycles. The van der Waals surface area contributed by atoms with Crippen LogP contribution in [0.3, 0.4) is 0 Å². The first-order chi connectivity index (χ1) is 9.07. The van der Waals surface area contributed by atoms with Crippen LogP contribution in [-0.4, -0.2) is 18.1 Å². The molecular formula is C16H21N3. The number of pyridine rings is 1. The number of nitrogens with zero attached hydrogens (tertiary/aromatic N) is 2. The first kappa shape index (κ1) is 12.3. The topological polar surface area (TPSA) is 42.1 Å². The molecule has 0 bridgehead atoms. The summed E-state index contributed by atoms with van der Waals surface area (Å²) in [6, 6.07) is 8.12. The van der Waals surface area contributed by atoms with Gasteiger partial charge in [-0.15, -0.1) is 0 Å². The molecule has 3 heteroatoms. The molecule has 0 radical (unpaired) electrons. The van der Waals surface area contributed by atoms with Gasteiger partial charge in [-0.3, -0.25) is 4.98 Å². The summed E-state index contributed by atoms with van der Waals surface area (Å²) in [5, 5.41) is 1.06. The second-order valence-electron chi connectivity index (χ2n) is 6.26. The summed E-state index contributed by atoms with van der Waals surface area (Å²) in [7, 11) is 0. The summed E-state index contributed by atoms with van der Waals surface area (Å²) in [6.07, 6.45) is 4.38. The molecule has 2 aromatic rings. The molecule has 3 nitrogen and oxygen atoms in total. The van der Waals surface area contributed by atoms with E-state index < -0.39 is 0 Å². The van der Waals surface area contributed by atoms with E-state index in [1.807, 2.05) is 18.3 Å². The van der Waals surface area contributed by atoms with E-state index >= 15 is 0 Å². The van der Waals surface area contributed by atoms with Crippen LogP contribution in [0, 0.1) is 5.41 Å². The lowest BCUT2D eigenvalue weighted by molar-refractivity contribution is 0.293. The number of benzene rings is 1. The minimum Gasteiger partial charge on any atom is -0.398 e. The molecule has 0 saturated carbocycles. The van der Waals surface area contributed by atoms with Crippen molar-refractivity contribution < 1.29 is 0 Å². The Morgan fingerprint density at radius 3 is 2.89 bits per heavy atom. The number of piperidine rings is 1. The number of nitrogens with two attached hydrogens (primary N) is 1. The van der Waals surface area contributed by atoms with Crippen molar-refractivity contribution in [1.82, 2.24) is 4.98 Å². The van der Waals surface area contributed by atoms with Gasteiger partial charge in [-0.25, -0.2) is 0 Å². The number of rotatable bonds is 1. The van der Waals surface area contributed by atoms with Gasteiger partial charge >= 0.3 is 0 Å². The van der Waals surface area contributed by atoms with Gasteiger partial charge in [0.05, 0.1) is 11.2 Å². The minimum absolute atomic E-state index is 0.376. The molecular weight excluding hydrogens is 234 g/mol. The maximum absolute atomic E-state index is 6.05. The highest BCUT2D eigenvalue weighted by Crippen LogP contribution is 2.35. The first-order valence-electron chi connectivity index (χ1n) is 6.95. The van der Waals surface area contributed by atoms with Gasteiger partial charge in [0.2, 0.25) is 0 Å². The number of nitrogen functional groups attached to an aromatic ring is 1. The SMILES string of the molecule is CC1(C)CCCN(c2ccc(N)c3cccnc23)C1. The van der Waals surface area contributed by atoms with E-state index in [1.54, 1.807) is 0 Å². The fourth-order valence-corrected chi connectivity index (χ4v) is 3.06. The molecule has 1 aliphatic heterocycles. The van der Waals surface area contributed by atoms with Gasteiger partial charge in [0.15, 0.2) is 0 Å². The fourth-order valence-electron chi connectivity index (χ4n) is 3.06. The molecule has 3 rings (SSSR count). The van der Waals surface area contributed by atoms with Crippen molar-refractivity contribution in [2.24, 2.45) is 5.41 Å². The Morgan fingerprint density at radius 2 is 2.11 bits per heavy atom. The third-order valence-corrected chi connectivity index (χ3v) is 4.02. The van der Waals surface area contributed by atoms with Crippen LogP contribution in [0.25, 0.3) is 10.9 Å². The lowest BCUT2D eigenvalue weighted by atomic mass is 9.84. The summed E-state index contributed by atoms with van der Waals surface area (Å²) in [5.41, 5.74) is 9.48. The molecule has 0 atom stereocenters. The molecule has 19 heavy (non-hydrogen) atoms. The van der Waals surface area contributed by atoms with Crippen LogP contribution in [0.15, 0.2) is 30.5 Å². The Bertz CT molecular complexity index is 604. The zero-order valence-corrected chi connectivity index (χ0v) is 11.7. The van der Waals surface area contributed by atoms with E-state index in [0.29, 0.717) is 5.41 Å². The van der Waals surface area contributed by atoms with Crippen molar-refractivity contribution in [1.29, 1.82) is 0 Å². The van der Waals surface area contributed by atoms with Gasteiger partial charge in [0, 0.05) is 30.4 Å². The standard InChI is InChI=1S/C16H21N3/c1-16(2)8-4-10-19(11-16)14-7-6-13(17)12-5-3-9-18-15(12)14/h3,5-7,9H,4,8,10-11,17H2,1-2H3. The van der Waals surface area contributed by atoms with Crippen molar-refractivity contribution in [3.05, 3.63) is 30.5 Å². The summed E-state index contributed by atoms with van der Waals surface area (Å²) in [6.45, 7) is 6.87. The van der Waals surface area contributed by atoms with Crippen LogP contribution >= 0.6 is 0 Å². The monoisotopic (exact) mass is 255 g/mol. The van der Waals surface area contributed by atoms with E-state index in [1.165, 1.54) is 18.5 Å². The van der Waals surface area contributed by atoms with E-state index in [9.17, 15) is 0 Å². The zero-order chi connectivity index (χ0) is 13.5. The van der Waals surface area contributed by atoms with Crippen molar-refractivity contribution in [3.63, 3.8) is 0 Å². The van der Waals surface area contributed by atoms with Crippen LogP contribution in [0.2, 0.25) is 0 Å².